The smallest absolute Gasteiger partial charge is 0.253 e. The highest BCUT2D eigenvalue weighted by molar-refractivity contribution is 5.85. The van der Waals surface area contributed by atoms with E-state index in [9.17, 15) is 14.0 Å². The second-order valence-electron chi connectivity index (χ2n) is 3.98. The monoisotopic (exact) mass is 249 g/mol. The Morgan fingerprint density at radius 2 is 2.17 bits per heavy atom. The molecule has 0 N–H and O–H groups in total. The van der Waals surface area contributed by atoms with Crippen LogP contribution >= 0.6 is 0 Å². The van der Waals surface area contributed by atoms with Crippen LogP contribution in [0.5, 0.6) is 5.75 Å². The van der Waals surface area contributed by atoms with Crippen molar-refractivity contribution in [3.05, 3.63) is 39.9 Å². The Morgan fingerprint density at radius 3 is 2.83 bits per heavy atom. The number of pyridine rings is 1. The molecule has 18 heavy (non-hydrogen) atoms. The van der Waals surface area contributed by atoms with Gasteiger partial charge in [0, 0.05) is 18.0 Å². The number of carbonyl (C=O) groups is 1. The van der Waals surface area contributed by atoms with Gasteiger partial charge in [0.2, 0.25) is 0 Å². The van der Waals surface area contributed by atoms with Gasteiger partial charge in [-0.15, -0.1) is 0 Å². The van der Waals surface area contributed by atoms with Gasteiger partial charge in [0.15, 0.2) is 17.9 Å². The summed E-state index contributed by atoms with van der Waals surface area (Å²) in [5, 5.41) is 0.692. The second-order valence-corrected chi connectivity index (χ2v) is 3.98. The molecule has 0 fully saturated rings. The Morgan fingerprint density at radius 1 is 1.44 bits per heavy atom. The average molecular weight is 249 g/mol. The molecule has 1 aromatic heterocycles. The van der Waals surface area contributed by atoms with Crippen molar-refractivity contribution in [2.75, 3.05) is 6.61 Å². The van der Waals surface area contributed by atoms with Crippen LogP contribution in [0.3, 0.4) is 0 Å². The standard InChI is InChI=1S/C13H12FNO3/c1-8-7-9-3-4-10(14)12(18-6-5-16)11(9)15(2)13(8)17/h3-5,7H,6H2,1-2H3. The first kappa shape index (κ1) is 12.3. The fraction of sp³-hybridized carbons (Fsp3) is 0.231. The number of aldehydes is 1. The predicted octanol–water partition coefficient (Wildman–Crippen LogP) is 1.56. The van der Waals surface area contributed by atoms with Crippen LogP contribution < -0.4 is 10.3 Å². The van der Waals surface area contributed by atoms with E-state index in [0.717, 1.165) is 0 Å². The molecule has 0 aliphatic carbocycles. The molecule has 4 nitrogen and oxygen atoms in total. The van der Waals surface area contributed by atoms with E-state index in [2.05, 4.69) is 0 Å². The van der Waals surface area contributed by atoms with Crippen molar-refractivity contribution >= 4 is 17.2 Å². The van der Waals surface area contributed by atoms with Crippen molar-refractivity contribution in [3.8, 4) is 5.75 Å². The maximum Gasteiger partial charge on any atom is 0.253 e. The number of benzene rings is 1. The molecule has 0 saturated heterocycles. The summed E-state index contributed by atoms with van der Waals surface area (Å²) in [6, 6.07) is 4.50. The molecule has 0 amide bonds. The number of carbonyl (C=O) groups excluding carboxylic acids is 1. The van der Waals surface area contributed by atoms with Gasteiger partial charge in [-0.05, 0) is 25.1 Å². The van der Waals surface area contributed by atoms with E-state index in [0.29, 0.717) is 22.8 Å². The lowest BCUT2D eigenvalue weighted by atomic mass is 10.1. The molecule has 2 aromatic rings. The van der Waals surface area contributed by atoms with Gasteiger partial charge in [0.05, 0.1) is 5.52 Å². The molecule has 0 aliphatic heterocycles. The van der Waals surface area contributed by atoms with Crippen molar-refractivity contribution < 1.29 is 13.9 Å². The largest absolute Gasteiger partial charge is 0.481 e. The minimum Gasteiger partial charge on any atom is -0.481 e. The van der Waals surface area contributed by atoms with Gasteiger partial charge >= 0.3 is 0 Å². The molecular weight excluding hydrogens is 237 g/mol. The molecule has 1 aromatic carbocycles. The first-order valence-electron chi connectivity index (χ1n) is 5.41. The zero-order valence-electron chi connectivity index (χ0n) is 10.1. The molecule has 5 heteroatoms. The molecule has 0 bridgehead atoms. The zero-order valence-corrected chi connectivity index (χ0v) is 10.1. The highest BCUT2D eigenvalue weighted by atomic mass is 19.1. The Kier molecular flexibility index (Phi) is 3.14. The van der Waals surface area contributed by atoms with Gasteiger partial charge in [-0.3, -0.25) is 9.59 Å². The van der Waals surface area contributed by atoms with E-state index in [-0.39, 0.29) is 17.9 Å². The van der Waals surface area contributed by atoms with Crippen LogP contribution in [-0.4, -0.2) is 17.5 Å². The van der Waals surface area contributed by atoms with Crippen molar-refractivity contribution in [1.82, 2.24) is 4.57 Å². The molecular formula is C13H12FNO3. The molecule has 0 unspecified atom stereocenters. The summed E-state index contributed by atoms with van der Waals surface area (Å²) in [6.45, 7) is 1.44. The second kappa shape index (κ2) is 4.60. The van der Waals surface area contributed by atoms with Gasteiger partial charge in [0.1, 0.15) is 6.61 Å². The molecule has 94 valence electrons. The first-order valence-corrected chi connectivity index (χ1v) is 5.41. The van der Waals surface area contributed by atoms with Crippen LogP contribution in [0.4, 0.5) is 4.39 Å². The number of hydrogen-bond acceptors (Lipinski definition) is 3. The van der Waals surface area contributed by atoms with E-state index in [1.54, 1.807) is 26.1 Å². The van der Waals surface area contributed by atoms with Crippen molar-refractivity contribution in [3.63, 3.8) is 0 Å². The minimum absolute atomic E-state index is 0.0702. The van der Waals surface area contributed by atoms with Crippen LogP contribution in [0.15, 0.2) is 23.0 Å². The van der Waals surface area contributed by atoms with Crippen molar-refractivity contribution in [1.29, 1.82) is 0 Å². The van der Waals surface area contributed by atoms with Crippen LogP contribution in [0.1, 0.15) is 5.56 Å². The number of aromatic nitrogens is 1. The van der Waals surface area contributed by atoms with Gasteiger partial charge in [-0.1, -0.05) is 0 Å². The summed E-state index contributed by atoms with van der Waals surface area (Å²) in [4.78, 5) is 22.2. The third-order valence-corrected chi connectivity index (χ3v) is 2.76. The van der Waals surface area contributed by atoms with Crippen LogP contribution in [0.2, 0.25) is 0 Å². The highest BCUT2D eigenvalue weighted by Gasteiger charge is 2.13. The summed E-state index contributed by atoms with van der Waals surface area (Å²) in [7, 11) is 1.55. The maximum atomic E-state index is 13.7. The van der Waals surface area contributed by atoms with Crippen molar-refractivity contribution in [2.24, 2.45) is 7.05 Å². The zero-order chi connectivity index (χ0) is 13.3. The minimum atomic E-state index is -0.594. The number of fused-ring (bicyclic) bond motifs is 1. The molecule has 0 atom stereocenters. The Bertz CT molecular complexity index is 676. The Balaban J connectivity index is 2.82. The SMILES string of the molecule is Cc1cc2ccc(F)c(OCC=O)c2n(C)c1=O. The van der Waals surface area contributed by atoms with Crippen LogP contribution in [0.25, 0.3) is 10.9 Å². The lowest BCUT2D eigenvalue weighted by molar-refractivity contribution is -0.109. The number of halogens is 1. The maximum absolute atomic E-state index is 13.7. The third kappa shape index (κ3) is 1.88. The number of ether oxygens (including phenoxy) is 1. The normalized spacial score (nSPS) is 10.6. The Labute approximate surface area is 103 Å². The summed E-state index contributed by atoms with van der Waals surface area (Å²) < 4.78 is 20.1. The highest BCUT2D eigenvalue weighted by Crippen LogP contribution is 2.27. The lowest BCUT2D eigenvalue weighted by Crippen LogP contribution is -2.20. The summed E-state index contributed by atoms with van der Waals surface area (Å²) in [5.74, 6) is -0.664. The van der Waals surface area contributed by atoms with Gasteiger partial charge < -0.3 is 9.30 Å². The van der Waals surface area contributed by atoms with Crippen LogP contribution in [0, 0.1) is 12.7 Å². The van der Waals surface area contributed by atoms with Gasteiger partial charge in [-0.25, -0.2) is 4.39 Å². The van der Waals surface area contributed by atoms with E-state index in [1.807, 2.05) is 0 Å². The van der Waals surface area contributed by atoms with Gasteiger partial charge in [-0.2, -0.15) is 0 Å². The molecule has 0 saturated carbocycles. The van der Waals surface area contributed by atoms with Crippen molar-refractivity contribution in [2.45, 2.75) is 6.92 Å². The molecule has 1 heterocycles. The van der Waals surface area contributed by atoms with E-state index in [4.69, 9.17) is 4.74 Å². The summed E-state index contributed by atoms with van der Waals surface area (Å²) >= 11 is 0. The predicted molar refractivity (Wildman–Crippen MR) is 65.4 cm³/mol. The van der Waals surface area contributed by atoms with Crippen LogP contribution in [-0.2, 0) is 11.8 Å². The topological polar surface area (TPSA) is 48.3 Å². The number of rotatable bonds is 3. The summed E-state index contributed by atoms with van der Waals surface area (Å²) in [5.41, 5.74) is 0.703. The fourth-order valence-electron chi connectivity index (χ4n) is 1.94. The average Bonchev–Trinajstić information content (AvgIpc) is 2.35. The Hall–Kier alpha value is -2.17. The number of aryl methyl sites for hydroxylation is 2. The fourth-order valence-corrected chi connectivity index (χ4v) is 1.94. The lowest BCUT2D eigenvalue weighted by Gasteiger charge is -2.12. The van der Waals surface area contributed by atoms with Gasteiger partial charge in [0.25, 0.3) is 5.56 Å². The summed E-state index contributed by atoms with van der Waals surface area (Å²) in [6.07, 6.45) is 0.532. The molecule has 0 radical (unpaired) electrons. The quantitative estimate of drug-likeness (QED) is 0.776. The third-order valence-electron chi connectivity index (χ3n) is 2.76. The molecule has 2 rings (SSSR count). The number of nitrogens with zero attached hydrogens (tertiary/aromatic N) is 1. The molecule has 0 spiro atoms. The van der Waals surface area contributed by atoms with E-state index >= 15 is 0 Å². The first-order chi connectivity index (χ1) is 8.56. The van der Waals surface area contributed by atoms with E-state index < -0.39 is 5.82 Å². The molecule has 0 aliphatic rings. The van der Waals surface area contributed by atoms with E-state index in [1.165, 1.54) is 10.6 Å². The number of hydrogen-bond donors (Lipinski definition) is 0.